The van der Waals surface area contributed by atoms with Gasteiger partial charge in [-0.3, -0.25) is 4.79 Å². The number of nitrogens with two attached hydrogens (primary N) is 1. The van der Waals surface area contributed by atoms with E-state index in [1.807, 2.05) is 0 Å². The number of carbonyl (C=O) groups is 1. The molecule has 2 rings (SSSR count). The molecule has 0 bridgehead atoms. The Morgan fingerprint density at radius 1 is 1.19 bits per heavy atom. The first-order chi connectivity index (χ1) is 9.98. The molecule has 0 aromatic heterocycles. The summed E-state index contributed by atoms with van der Waals surface area (Å²) in [6, 6.07) is 0. The van der Waals surface area contributed by atoms with Gasteiger partial charge >= 0.3 is 0 Å². The molecule has 1 aliphatic carbocycles. The van der Waals surface area contributed by atoms with E-state index in [1.54, 1.807) is 0 Å². The van der Waals surface area contributed by atoms with Gasteiger partial charge in [0.2, 0.25) is 5.91 Å². The molecular formula is C18H34N2O. The van der Waals surface area contributed by atoms with Crippen LogP contribution in [-0.4, -0.2) is 30.4 Å². The number of likely N-dealkylation sites (tertiary alicyclic amines) is 1. The van der Waals surface area contributed by atoms with E-state index in [0.717, 1.165) is 62.9 Å². The normalized spacial score (nSPS) is 34.8. The first kappa shape index (κ1) is 16.8. The lowest BCUT2D eigenvalue weighted by atomic mass is 9.70. The van der Waals surface area contributed by atoms with Crippen molar-refractivity contribution in [2.75, 3.05) is 19.6 Å². The minimum Gasteiger partial charge on any atom is -0.342 e. The van der Waals surface area contributed by atoms with Gasteiger partial charge in [0.25, 0.3) is 0 Å². The molecule has 1 unspecified atom stereocenters. The van der Waals surface area contributed by atoms with E-state index in [-0.39, 0.29) is 5.41 Å². The summed E-state index contributed by atoms with van der Waals surface area (Å²) in [4.78, 5) is 15.2. The van der Waals surface area contributed by atoms with E-state index < -0.39 is 0 Å². The molecule has 2 N–H and O–H groups in total. The molecule has 1 saturated heterocycles. The lowest BCUT2D eigenvalue weighted by Crippen LogP contribution is -2.50. The van der Waals surface area contributed by atoms with Crippen molar-refractivity contribution >= 4 is 5.91 Å². The highest BCUT2D eigenvalue weighted by molar-refractivity contribution is 5.83. The molecule has 3 heteroatoms. The maximum absolute atomic E-state index is 13.1. The Bertz CT molecular complexity index is 345. The minimum absolute atomic E-state index is 0.246. The fraction of sp³-hybridized carbons (Fsp3) is 0.944. The Morgan fingerprint density at radius 3 is 2.43 bits per heavy atom. The fourth-order valence-electron chi connectivity index (χ4n) is 4.15. The van der Waals surface area contributed by atoms with Crippen molar-refractivity contribution in [3.05, 3.63) is 0 Å². The quantitative estimate of drug-likeness (QED) is 0.867. The van der Waals surface area contributed by atoms with Crippen molar-refractivity contribution in [1.82, 2.24) is 4.90 Å². The molecule has 2 aliphatic rings. The van der Waals surface area contributed by atoms with Crippen molar-refractivity contribution in [2.45, 2.75) is 65.7 Å². The zero-order valence-electron chi connectivity index (χ0n) is 14.2. The van der Waals surface area contributed by atoms with Crippen LogP contribution >= 0.6 is 0 Å². The highest BCUT2D eigenvalue weighted by atomic mass is 16.2. The number of rotatable bonds is 3. The van der Waals surface area contributed by atoms with Gasteiger partial charge < -0.3 is 10.6 Å². The first-order valence-electron chi connectivity index (χ1n) is 8.98. The maximum Gasteiger partial charge on any atom is 0.230 e. The van der Waals surface area contributed by atoms with E-state index in [0.29, 0.717) is 12.5 Å². The van der Waals surface area contributed by atoms with Crippen LogP contribution < -0.4 is 5.73 Å². The Kier molecular flexibility index (Phi) is 5.70. The van der Waals surface area contributed by atoms with Crippen LogP contribution in [0.2, 0.25) is 0 Å². The van der Waals surface area contributed by atoms with E-state index >= 15 is 0 Å². The van der Waals surface area contributed by atoms with Crippen LogP contribution in [0.15, 0.2) is 0 Å². The summed E-state index contributed by atoms with van der Waals surface area (Å²) >= 11 is 0. The molecule has 2 fully saturated rings. The smallest absolute Gasteiger partial charge is 0.230 e. The highest BCUT2D eigenvalue weighted by Crippen LogP contribution is 2.40. The second-order valence-electron chi connectivity index (χ2n) is 7.89. The van der Waals surface area contributed by atoms with Gasteiger partial charge in [0.05, 0.1) is 5.41 Å². The van der Waals surface area contributed by atoms with E-state index in [2.05, 4.69) is 25.7 Å². The van der Waals surface area contributed by atoms with Gasteiger partial charge in [-0.1, -0.05) is 20.8 Å². The predicted molar refractivity (Wildman–Crippen MR) is 87.9 cm³/mol. The topological polar surface area (TPSA) is 46.3 Å². The number of carbonyl (C=O) groups excluding carboxylic acids is 1. The van der Waals surface area contributed by atoms with E-state index in [1.165, 1.54) is 12.8 Å². The number of nitrogens with zero attached hydrogens (tertiary/aromatic N) is 1. The first-order valence-corrected chi connectivity index (χ1v) is 8.98. The molecule has 21 heavy (non-hydrogen) atoms. The Hall–Kier alpha value is -0.570. The summed E-state index contributed by atoms with van der Waals surface area (Å²) in [5, 5.41) is 0. The molecule has 0 aromatic carbocycles. The van der Waals surface area contributed by atoms with Gasteiger partial charge in [-0.05, 0) is 62.7 Å². The van der Waals surface area contributed by atoms with Gasteiger partial charge in [0, 0.05) is 19.6 Å². The van der Waals surface area contributed by atoms with Crippen molar-refractivity contribution in [2.24, 2.45) is 28.9 Å². The second-order valence-corrected chi connectivity index (χ2v) is 7.89. The van der Waals surface area contributed by atoms with Crippen LogP contribution in [-0.2, 0) is 4.79 Å². The van der Waals surface area contributed by atoms with Crippen LogP contribution in [0.1, 0.15) is 65.7 Å². The number of hydrogen-bond acceptors (Lipinski definition) is 2. The molecule has 0 radical (unpaired) electrons. The molecule has 1 amide bonds. The second kappa shape index (κ2) is 7.13. The molecule has 1 atom stereocenters. The van der Waals surface area contributed by atoms with Crippen molar-refractivity contribution < 1.29 is 4.79 Å². The van der Waals surface area contributed by atoms with Gasteiger partial charge in [-0.15, -0.1) is 0 Å². The average Bonchev–Trinajstić information content (AvgIpc) is 2.74. The average molecular weight is 294 g/mol. The Morgan fingerprint density at radius 2 is 1.86 bits per heavy atom. The van der Waals surface area contributed by atoms with Crippen LogP contribution in [0.3, 0.4) is 0 Å². The van der Waals surface area contributed by atoms with Crippen molar-refractivity contribution in [3.63, 3.8) is 0 Å². The standard InChI is InChI=1S/C18H34N2O/c1-14(2)16-5-4-11-20(12-8-16)17(21)18(13-19)9-6-15(3)7-10-18/h14-16H,4-13,19H2,1-3H3. The van der Waals surface area contributed by atoms with Crippen LogP contribution in [0.4, 0.5) is 0 Å². The Balaban J connectivity index is 2.01. The summed E-state index contributed by atoms with van der Waals surface area (Å²) in [5.74, 6) is 2.63. The number of amides is 1. The lowest BCUT2D eigenvalue weighted by molar-refractivity contribution is -0.144. The SMILES string of the molecule is CC1CCC(CN)(C(=O)N2CCCC(C(C)C)CC2)CC1. The molecule has 122 valence electrons. The van der Waals surface area contributed by atoms with Crippen LogP contribution in [0, 0.1) is 23.2 Å². The van der Waals surface area contributed by atoms with Gasteiger partial charge in [0.15, 0.2) is 0 Å². The predicted octanol–water partition coefficient (Wildman–Crippen LogP) is 3.43. The molecular weight excluding hydrogens is 260 g/mol. The van der Waals surface area contributed by atoms with Gasteiger partial charge in [-0.25, -0.2) is 0 Å². The maximum atomic E-state index is 13.1. The lowest BCUT2D eigenvalue weighted by Gasteiger charge is -2.40. The summed E-state index contributed by atoms with van der Waals surface area (Å²) < 4.78 is 0. The van der Waals surface area contributed by atoms with Crippen LogP contribution in [0.25, 0.3) is 0 Å². The molecule has 0 aromatic rings. The third-order valence-electron chi connectivity index (χ3n) is 6.08. The fourth-order valence-corrected chi connectivity index (χ4v) is 4.15. The molecule has 1 aliphatic heterocycles. The zero-order chi connectivity index (χ0) is 15.5. The summed E-state index contributed by atoms with van der Waals surface area (Å²) in [5.41, 5.74) is 5.81. The third kappa shape index (κ3) is 3.80. The minimum atomic E-state index is -0.246. The van der Waals surface area contributed by atoms with Crippen LogP contribution in [0.5, 0.6) is 0 Å². The zero-order valence-corrected chi connectivity index (χ0v) is 14.2. The summed E-state index contributed by atoms with van der Waals surface area (Å²) in [6.07, 6.45) is 7.90. The largest absolute Gasteiger partial charge is 0.342 e. The molecule has 0 spiro atoms. The molecule has 3 nitrogen and oxygen atoms in total. The monoisotopic (exact) mass is 294 g/mol. The molecule has 1 saturated carbocycles. The number of hydrogen-bond donors (Lipinski definition) is 1. The van der Waals surface area contributed by atoms with E-state index in [9.17, 15) is 4.79 Å². The van der Waals surface area contributed by atoms with Gasteiger partial charge in [-0.2, -0.15) is 0 Å². The summed E-state index contributed by atoms with van der Waals surface area (Å²) in [6.45, 7) is 9.34. The highest BCUT2D eigenvalue weighted by Gasteiger charge is 2.42. The molecule has 1 heterocycles. The van der Waals surface area contributed by atoms with Crippen molar-refractivity contribution in [3.8, 4) is 0 Å². The van der Waals surface area contributed by atoms with E-state index in [4.69, 9.17) is 5.73 Å². The van der Waals surface area contributed by atoms with Crippen molar-refractivity contribution in [1.29, 1.82) is 0 Å². The summed E-state index contributed by atoms with van der Waals surface area (Å²) in [7, 11) is 0. The van der Waals surface area contributed by atoms with Gasteiger partial charge in [0.1, 0.15) is 0 Å². The Labute approximate surface area is 130 Å². The third-order valence-corrected chi connectivity index (χ3v) is 6.08.